The van der Waals surface area contributed by atoms with Crippen LogP contribution in [-0.2, 0) is 27.2 Å². The Balaban J connectivity index is 1.53. The molecule has 1 N–H and O–H groups in total. The maximum atomic E-state index is 12.4. The van der Waals surface area contributed by atoms with Gasteiger partial charge in [-0.3, -0.25) is 18.5 Å². The zero-order chi connectivity index (χ0) is 17.6. The van der Waals surface area contributed by atoms with Gasteiger partial charge in [-0.2, -0.15) is 4.98 Å². The van der Waals surface area contributed by atoms with Gasteiger partial charge in [-0.15, -0.1) is 0 Å². The second kappa shape index (κ2) is 5.89. The number of aromatic nitrogens is 4. The Kier molecular flexibility index (Phi) is 3.69. The number of benzene rings is 1. The minimum Gasteiger partial charge on any atom is -0.458 e. The molecule has 8 heteroatoms. The van der Waals surface area contributed by atoms with Crippen molar-refractivity contribution in [2.75, 3.05) is 6.54 Å². The van der Waals surface area contributed by atoms with Crippen LogP contribution in [0.4, 0.5) is 0 Å². The number of imidazole rings is 1. The minimum absolute atomic E-state index is 0.0995. The molecule has 0 fully saturated rings. The Labute approximate surface area is 143 Å². The van der Waals surface area contributed by atoms with Gasteiger partial charge in [0.2, 0.25) is 0 Å². The Morgan fingerprint density at radius 3 is 2.72 bits per heavy atom. The van der Waals surface area contributed by atoms with E-state index in [0.717, 1.165) is 11.1 Å². The summed E-state index contributed by atoms with van der Waals surface area (Å²) in [7, 11) is 3.07. The molecule has 130 valence electrons. The normalized spacial score (nSPS) is 16.2. The molecule has 0 radical (unpaired) electrons. The van der Waals surface area contributed by atoms with Crippen LogP contribution in [0.5, 0.6) is 6.01 Å². The number of hydrogen-bond acceptors (Lipinski definition) is 5. The first-order chi connectivity index (χ1) is 12.1. The molecule has 1 aromatic carbocycles. The molecular formula is C17H19N5O3. The predicted octanol–water partition coefficient (Wildman–Crippen LogP) is -0.0155. The molecule has 1 aliphatic heterocycles. The summed E-state index contributed by atoms with van der Waals surface area (Å²) in [5.74, 6) is 0. The van der Waals surface area contributed by atoms with Crippen LogP contribution in [0.2, 0.25) is 0 Å². The van der Waals surface area contributed by atoms with E-state index in [1.165, 1.54) is 17.2 Å². The summed E-state index contributed by atoms with van der Waals surface area (Å²) in [4.78, 5) is 28.8. The molecule has 0 amide bonds. The first kappa shape index (κ1) is 15.6. The molecule has 1 atom stereocenters. The molecule has 0 spiro atoms. The van der Waals surface area contributed by atoms with Gasteiger partial charge in [0.05, 0.1) is 6.54 Å². The van der Waals surface area contributed by atoms with Crippen LogP contribution in [0, 0.1) is 0 Å². The quantitative estimate of drug-likeness (QED) is 0.721. The standard InChI is InChI=1S/C17H19N5O3/c1-20-14-13(15(23)21(2)17(20)24)22-10-12(25-16(22)19-14)9-18-8-11-6-4-3-5-7-11/h3-7,12,18H,8-10H2,1-2H3. The van der Waals surface area contributed by atoms with Gasteiger partial charge in [-0.25, -0.2) is 4.79 Å². The lowest BCUT2D eigenvalue weighted by molar-refractivity contribution is 0.220. The molecule has 25 heavy (non-hydrogen) atoms. The first-order valence-electron chi connectivity index (χ1n) is 8.14. The first-order valence-corrected chi connectivity index (χ1v) is 8.14. The lowest BCUT2D eigenvalue weighted by Crippen LogP contribution is -2.38. The molecule has 3 heterocycles. The molecule has 1 unspecified atom stereocenters. The molecule has 0 aliphatic carbocycles. The Morgan fingerprint density at radius 2 is 1.96 bits per heavy atom. The summed E-state index contributed by atoms with van der Waals surface area (Å²) < 4.78 is 10.1. The smallest absolute Gasteiger partial charge is 0.332 e. The average Bonchev–Trinajstić information content (AvgIpc) is 3.16. The van der Waals surface area contributed by atoms with Gasteiger partial charge < -0.3 is 10.1 Å². The zero-order valence-electron chi connectivity index (χ0n) is 14.1. The third kappa shape index (κ3) is 2.54. The van der Waals surface area contributed by atoms with Crippen LogP contribution in [0.3, 0.4) is 0 Å². The predicted molar refractivity (Wildman–Crippen MR) is 92.8 cm³/mol. The van der Waals surface area contributed by atoms with Crippen molar-refractivity contribution in [1.82, 2.24) is 24.0 Å². The highest BCUT2D eigenvalue weighted by molar-refractivity contribution is 5.72. The van der Waals surface area contributed by atoms with Gasteiger partial charge in [0, 0.05) is 27.2 Å². The van der Waals surface area contributed by atoms with E-state index in [-0.39, 0.29) is 11.7 Å². The number of fused-ring (bicyclic) bond motifs is 3. The van der Waals surface area contributed by atoms with Gasteiger partial charge in [0.1, 0.15) is 6.10 Å². The van der Waals surface area contributed by atoms with Crippen molar-refractivity contribution >= 4 is 11.2 Å². The van der Waals surface area contributed by atoms with E-state index < -0.39 is 5.69 Å². The van der Waals surface area contributed by atoms with Crippen molar-refractivity contribution in [3.05, 3.63) is 56.7 Å². The summed E-state index contributed by atoms with van der Waals surface area (Å²) in [6, 6.07) is 10.5. The van der Waals surface area contributed by atoms with Crippen LogP contribution in [0.1, 0.15) is 5.56 Å². The molecule has 8 nitrogen and oxygen atoms in total. The van der Waals surface area contributed by atoms with Crippen molar-refractivity contribution in [3.8, 4) is 6.01 Å². The third-order valence-electron chi connectivity index (χ3n) is 4.52. The van der Waals surface area contributed by atoms with E-state index in [1.807, 2.05) is 18.2 Å². The fraction of sp³-hybridized carbons (Fsp3) is 0.353. The van der Waals surface area contributed by atoms with Crippen molar-refractivity contribution in [2.45, 2.75) is 19.2 Å². The van der Waals surface area contributed by atoms with Crippen LogP contribution >= 0.6 is 0 Å². The summed E-state index contributed by atoms with van der Waals surface area (Å²) in [5.41, 5.74) is 1.23. The monoisotopic (exact) mass is 341 g/mol. The molecule has 3 aromatic rings. The van der Waals surface area contributed by atoms with Crippen LogP contribution in [-0.4, -0.2) is 31.3 Å². The van der Waals surface area contributed by atoms with Crippen LogP contribution in [0.25, 0.3) is 11.2 Å². The molecule has 0 bridgehead atoms. The van der Waals surface area contributed by atoms with E-state index in [9.17, 15) is 9.59 Å². The highest BCUT2D eigenvalue weighted by Crippen LogP contribution is 2.24. The number of rotatable bonds is 4. The second-order valence-electron chi connectivity index (χ2n) is 6.24. The number of nitrogens with zero attached hydrogens (tertiary/aromatic N) is 4. The topological polar surface area (TPSA) is 83.1 Å². The van der Waals surface area contributed by atoms with Gasteiger partial charge in [0.25, 0.3) is 11.6 Å². The summed E-state index contributed by atoms with van der Waals surface area (Å²) in [6.45, 7) is 1.92. The van der Waals surface area contributed by atoms with Gasteiger partial charge in [-0.05, 0) is 5.56 Å². The number of aryl methyl sites for hydroxylation is 1. The zero-order valence-corrected chi connectivity index (χ0v) is 14.1. The van der Waals surface area contributed by atoms with Crippen LogP contribution in [0.15, 0.2) is 39.9 Å². The fourth-order valence-electron chi connectivity index (χ4n) is 3.16. The lowest BCUT2D eigenvalue weighted by Gasteiger charge is -2.11. The molecule has 2 aromatic heterocycles. The molecular weight excluding hydrogens is 322 g/mol. The summed E-state index contributed by atoms with van der Waals surface area (Å²) in [5, 5.41) is 3.36. The number of nitrogens with one attached hydrogen (secondary N) is 1. The van der Waals surface area contributed by atoms with Crippen molar-refractivity contribution in [2.24, 2.45) is 14.1 Å². The SMILES string of the molecule is Cn1c(=O)c2c(nc3n2CC(CNCc2ccccc2)O3)n(C)c1=O. The van der Waals surface area contributed by atoms with Crippen molar-refractivity contribution in [1.29, 1.82) is 0 Å². The number of ether oxygens (including phenoxy) is 1. The minimum atomic E-state index is -0.393. The van der Waals surface area contributed by atoms with Crippen LogP contribution < -0.4 is 21.3 Å². The van der Waals surface area contributed by atoms with Crippen molar-refractivity contribution < 1.29 is 4.74 Å². The molecule has 0 saturated carbocycles. The molecule has 4 rings (SSSR count). The lowest BCUT2D eigenvalue weighted by atomic mass is 10.2. The summed E-state index contributed by atoms with van der Waals surface area (Å²) in [6.07, 6.45) is -0.0995. The van der Waals surface area contributed by atoms with E-state index >= 15 is 0 Å². The van der Waals surface area contributed by atoms with E-state index in [1.54, 1.807) is 11.6 Å². The highest BCUT2D eigenvalue weighted by Gasteiger charge is 2.29. The highest BCUT2D eigenvalue weighted by atomic mass is 16.5. The molecule has 0 saturated heterocycles. The van der Waals surface area contributed by atoms with Gasteiger partial charge in [0.15, 0.2) is 11.2 Å². The van der Waals surface area contributed by atoms with E-state index in [2.05, 4.69) is 22.4 Å². The summed E-state index contributed by atoms with van der Waals surface area (Å²) >= 11 is 0. The maximum Gasteiger partial charge on any atom is 0.332 e. The Bertz CT molecular complexity index is 1050. The van der Waals surface area contributed by atoms with Crippen molar-refractivity contribution in [3.63, 3.8) is 0 Å². The molecule has 1 aliphatic rings. The Morgan fingerprint density at radius 1 is 1.20 bits per heavy atom. The average molecular weight is 341 g/mol. The van der Waals surface area contributed by atoms with Gasteiger partial charge >= 0.3 is 5.69 Å². The number of hydrogen-bond donors (Lipinski definition) is 1. The second-order valence-corrected chi connectivity index (χ2v) is 6.24. The maximum absolute atomic E-state index is 12.4. The third-order valence-corrected chi connectivity index (χ3v) is 4.52. The van der Waals surface area contributed by atoms with E-state index in [0.29, 0.717) is 30.3 Å². The van der Waals surface area contributed by atoms with E-state index in [4.69, 9.17) is 4.74 Å². The Hall–Kier alpha value is -2.87. The van der Waals surface area contributed by atoms with Gasteiger partial charge in [-0.1, -0.05) is 30.3 Å². The largest absolute Gasteiger partial charge is 0.458 e. The fourth-order valence-corrected chi connectivity index (χ4v) is 3.16.